The van der Waals surface area contributed by atoms with E-state index in [1.165, 1.54) is 0 Å². The number of hydrogen-bond donors (Lipinski definition) is 1. The zero-order chi connectivity index (χ0) is 10.8. The number of anilines is 1. The molecule has 0 aromatic heterocycles. The van der Waals surface area contributed by atoms with Gasteiger partial charge in [0.2, 0.25) is 5.91 Å². The van der Waals surface area contributed by atoms with Crippen LogP contribution in [0.1, 0.15) is 6.42 Å². The van der Waals surface area contributed by atoms with Gasteiger partial charge in [-0.3, -0.25) is 4.79 Å². The van der Waals surface area contributed by atoms with E-state index in [1.807, 2.05) is 29.2 Å². The first-order valence-corrected chi connectivity index (χ1v) is 6.43. The Morgan fingerprint density at radius 3 is 2.60 bits per heavy atom. The van der Waals surface area contributed by atoms with E-state index in [0.717, 1.165) is 22.5 Å². The lowest BCUT2D eigenvalue weighted by atomic mass is 10.2. The third-order valence-corrected chi connectivity index (χ3v) is 3.80. The molecule has 15 heavy (non-hydrogen) atoms. The Hall–Kier alpha value is -0.480. The van der Waals surface area contributed by atoms with Crippen LogP contribution >= 0.6 is 28.6 Å². The van der Waals surface area contributed by atoms with Gasteiger partial charge in [0.25, 0.3) is 0 Å². The summed E-state index contributed by atoms with van der Waals surface area (Å²) in [4.78, 5) is 14.5. The lowest BCUT2D eigenvalue weighted by molar-refractivity contribution is -0.117. The highest BCUT2D eigenvalue weighted by Crippen LogP contribution is 2.26. The topological polar surface area (TPSA) is 20.3 Å². The zero-order valence-corrected chi connectivity index (χ0v) is 10.7. The van der Waals surface area contributed by atoms with E-state index in [1.54, 1.807) is 0 Å². The average Bonchev–Trinajstić information content (AvgIpc) is 2.61. The van der Waals surface area contributed by atoms with Crippen LogP contribution in [0.2, 0.25) is 0 Å². The fourth-order valence-electron chi connectivity index (χ4n) is 1.77. The van der Waals surface area contributed by atoms with Gasteiger partial charge < -0.3 is 4.90 Å². The van der Waals surface area contributed by atoms with E-state index < -0.39 is 0 Å². The van der Waals surface area contributed by atoms with Gasteiger partial charge in [0, 0.05) is 28.9 Å². The smallest absolute Gasteiger partial charge is 0.227 e. The summed E-state index contributed by atoms with van der Waals surface area (Å²) in [5, 5.41) is 0.889. The minimum atomic E-state index is 0.214. The van der Waals surface area contributed by atoms with Crippen LogP contribution in [0.4, 0.5) is 5.69 Å². The van der Waals surface area contributed by atoms with Crippen molar-refractivity contribution >= 4 is 40.2 Å². The molecule has 80 valence electrons. The van der Waals surface area contributed by atoms with Crippen molar-refractivity contribution < 1.29 is 4.79 Å². The number of alkyl halides is 1. The molecule has 0 bridgehead atoms. The fourth-order valence-corrected chi connectivity index (χ4v) is 2.35. The molecule has 1 fully saturated rings. The number of thiol groups is 1. The highest BCUT2D eigenvalue weighted by Gasteiger charge is 2.29. The molecule has 1 heterocycles. The van der Waals surface area contributed by atoms with Crippen molar-refractivity contribution in [2.75, 3.05) is 16.8 Å². The van der Waals surface area contributed by atoms with E-state index in [0.29, 0.717) is 12.3 Å². The summed E-state index contributed by atoms with van der Waals surface area (Å²) in [6, 6.07) is 7.70. The fraction of sp³-hybridized carbons (Fsp3) is 0.364. The van der Waals surface area contributed by atoms with Crippen molar-refractivity contribution in [3.8, 4) is 0 Å². The van der Waals surface area contributed by atoms with Crippen molar-refractivity contribution in [1.82, 2.24) is 0 Å². The van der Waals surface area contributed by atoms with Crippen molar-refractivity contribution in [1.29, 1.82) is 0 Å². The Labute approximate surface area is 103 Å². The van der Waals surface area contributed by atoms with Crippen LogP contribution in [0.5, 0.6) is 0 Å². The molecule has 1 aliphatic rings. The Bertz CT molecular complexity index is 365. The summed E-state index contributed by atoms with van der Waals surface area (Å²) >= 11 is 7.65. The number of carbonyl (C=O) groups is 1. The molecule has 2 nitrogen and oxygen atoms in total. The Kier molecular flexibility index (Phi) is 3.36. The van der Waals surface area contributed by atoms with E-state index >= 15 is 0 Å². The summed E-state index contributed by atoms with van der Waals surface area (Å²) in [5.41, 5.74) is 0.973. The Morgan fingerprint density at radius 1 is 1.40 bits per heavy atom. The van der Waals surface area contributed by atoms with E-state index in [2.05, 4.69) is 28.6 Å². The molecule has 1 aliphatic heterocycles. The maximum atomic E-state index is 11.7. The van der Waals surface area contributed by atoms with E-state index in [-0.39, 0.29) is 5.91 Å². The molecule has 1 aromatic carbocycles. The Morgan fingerprint density at radius 2 is 2.07 bits per heavy atom. The largest absolute Gasteiger partial charge is 0.312 e. The van der Waals surface area contributed by atoms with Crippen LogP contribution in [0, 0.1) is 5.92 Å². The molecule has 0 aliphatic carbocycles. The lowest BCUT2D eigenvalue weighted by Crippen LogP contribution is -2.24. The second-order valence-corrected chi connectivity index (χ2v) is 4.91. The van der Waals surface area contributed by atoms with Crippen molar-refractivity contribution in [3.05, 3.63) is 24.3 Å². The normalized spacial score (nSPS) is 21.1. The molecular weight excluding hydrogens is 274 g/mol. The van der Waals surface area contributed by atoms with Crippen LogP contribution in [0.25, 0.3) is 0 Å². The molecule has 1 saturated heterocycles. The third kappa shape index (κ3) is 2.37. The van der Waals surface area contributed by atoms with Gasteiger partial charge in [-0.25, -0.2) is 0 Å². The van der Waals surface area contributed by atoms with Gasteiger partial charge in [-0.15, -0.1) is 12.6 Å². The van der Waals surface area contributed by atoms with Gasteiger partial charge in [0.05, 0.1) is 0 Å². The first-order valence-electron chi connectivity index (χ1n) is 4.86. The van der Waals surface area contributed by atoms with Crippen LogP contribution in [-0.2, 0) is 4.79 Å². The number of hydrogen-bond acceptors (Lipinski definition) is 2. The number of nitrogens with zero attached hydrogens (tertiary/aromatic N) is 1. The summed E-state index contributed by atoms with van der Waals surface area (Å²) < 4.78 is 0. The van der Waals surface area contributed by atoms with E-state index in [4.69, 9.17) is 0 Å². The first kappa shape index (κ1) is 11.0. The number of carbonyl (C=O) groups excluding carboxylic acids is 1. The standard InChI is InChI=1S/C11H12BrNOS/c12-6-8-5-11(14)13(7-8)9-1-3-10(15)4-2-9/h1-4,8,15H,5-7H2. The van der Waals surface area contributed by atoms with Gasteiger partial charge >= 0.3 is 0 Å². The van der Waals surface area contributed by atoms with Crippen LogP contribution in [0.15, 0.2) is 29.2 Å². The number of rotatable bonds is 2. The second-order valence-electron chi connectivity index (χ2n) is 3.75. The quantitative estimate of drug-likeness (QED) is 0.654. The lowest BCUT2D eigenvalue weighted by Gasteiger charge is -2.16. The summed E-state index contributed by atoms with van der Waals surface area (Å²) in [6.07, 6.45) is 0.647. The van der Waals surface area contributed by atoms with Gasteiger partial charge in [-0.2, -0.15) is 0 Å². The SMILES string of the molecule is O=C1CC(CBr)CN1c1ccc(S)cc1. The maximum absolute atomic E-state index is 11.7. The molecule has 1 amide bonds. The Balaban J connectivity index is 2.18. The van der Waals surface area contributed by atoms with Crippen LogP contribution < -0.4 is 4.90 Å². The molecule has 1 aromatic rings. The molecule has 0 spiro atoms. The highest BCUT2D eigenvalue weighted by molar-refractivity contribution is 9.09. The summed E-state index contributed by atoms with van der Waals surface area (Å²) in [7, 11) is 0. The predicted molar refractivity (Wildman–Crippen MR) is 67.9 cm³/mol. The molecule has 0 saturated carbocycles. The molecule has 0 radical (unpaired) electrons. The minimum absolute atomic E-state index is 0.214. The summed E-state index contributed by atoms with van der Waals surface area (Å²) in [5.74, 6) is 0.652. The molecular formula is C11H12BrNOS. The maximum Gasteiger partial charge on any atom is 0.227 e. The van der Waals surface area contributed by atoms with Crippen molar-refractivity contribution in [3.63, 3.8) is 0 Å². The monoisotopic (exact) mass is 285 g/mol. The van der Waals surface area contributed by atoms with Gasteiger partial charge in [-0.05, 0) is 30.2 Å². The average molecular weight is 286 g/mol. The highest BCUT2D eigenvalue weighted by atomic mass is 79.9. The molecule has 1 unspecified atom stereocenters. The third-order valence-electron chi connectivity index (χ3n) is 2.58. The molecule has 0 N–H and O–H groups in total. The first-order chi connectivity index (χ1) is 7.20. The van der Waals surface area contributed by atoms with Gasteiger partial charge in [0.1, 0.15) is 0 Å². The number of benzene rings is 1. The number of halogens is 1. The zero-order valence-electron chi connectivity index (χ0n) is 8.19. The summed E-state index contributed by atoms with van der Waals surface area (Å²) in [6.45, 7) is 0.815. The predicted octanol–water partition coefficient (Wildman–Crippen LogP) is 2.72. The minimum Gasteiger partial charge on any atom is -0.312 e. The van der Waals surface area contributed by atoms with E-state index in [9.17, 15) is 4.79 Å². The van der Waals surface area contributed by atoms with Crippen LogP contribution in [-0.4, -0.2) is 17.8 Å². The molecule has 4 heteroatoms. The van der Waals surface area contributed by atoms with Gasteiger partial charge in [-0.1, -0.05) is 15.9 Å². The number of amides is 1. The van der Waals surface area contributed by atoms with Crippen LogP contribution in [0.3, 0.4) is 0 Å². The molecule has 2 rings (SSSR count). The van der Waals surface area contributed by atoms with Gasteiger partial charge in [0.15, 0.2) is 0 Å². The molecule has 1 atom stereocenters. The van der Waals surface area contributed by atoms with Crippen molar-refractivity contribution in [2.24, 2.45) is 5.92 Å². The second kappa shape index (κ2) is 4.58. The van der Waals surface area contributed by atoms with Crippen molar-refractivity contribution in [2.45, 2.75) is 11.3 Å².